The Morgan fingerprint density at radius 1 is 0.946 bits per heavy atom. The minimum Gasteiger partial charge on any atom is -0.489 e. The lowest BCUT2D eigenvalue weighted by Gasteiger charge is -2.63. The number of aryl methyl sites for hydroxylation is 2. The molecule has 0 radical (unpaired) electrons. The first-order chi connectivity index (χ1) is 35.1. The van der Waals surface area contributed by atoms with Gasteiger partial charge in [-0.05, 0) is 91.9 Å². The Hall–Kier alpha value is -5.41. The minimum absolute atomic E-state index is 0.0413. The van der Waals surface area contributed by atoms with Crippen LogP contribution in [0.25, 0.3) is 10.4 Å². The number of rotatable bonds is 18. The second-order valence-corrected chi connectivity index (χ2v) is 24.4. The van der Waals surface area contributed by atoms with Gasteiger partial charge < -0.3 is 40.7 Å². The van der Waals surface area contributed by atoms with Gasteiger partial charge in [-0.15, -0.1) is 11.3 Å². The van der Waals surface area contributed by atoms with Gasteiger partial charge in [0.15, 0.2) is 0 Å². The van der Waals surface area contributed by atoms with Gasteiger partial charge >= 0.3 is 0 Å². The molecule has 2 unspecified atom stereocenters. The number of amides is 4. The minimum atomic E-state index is -0.977. The largest absolute Gasteiger partial charge is 0.489 e. The standard InChI is InChI=1S/C57H73ClN8O7S/c1-34-48(74-33-60-34)37-18-16-36(17-19-37)45(32-67)61-51(71)46-25-42(68)30-66(46)52(72)49(55(2,3)4)62-47(69)31-65-40-21-22-41(65)29-64(28-40)24-10-9-11-35-12-14-38(15-13-35)50(70)63-53-56(5,6)54(57(53,7)8)73-43-23-20-39(27-59)44(58)26-43/h12-20,23,26,33,40-42,45-46,49,53-54,67-68H,9-11,21-22,24-25,28-32H2,1-8H3,(H,61,71)(H,62,69)(H,63,70)/t40?,41?,42-,45+,46+,49-,53?,54?/m1/s1. The highest BCUT2D eigenvalue weighted by atomic mass is 35.5. The van der Waals surface area contributed by atoms with Crippen LogP contribution in [0.3, 0.4) is 0 Å². The molecule has 15 nitrogen and oxygen atoms in total. The van der Waals surface area contributed by atoms with Crippen LogP contribution in [0.2, 0.25) is 5.02 Å². The average molecular weight is 1050 g/mol. The number of carbonyl (C=O) groups is 4. The number of halogens is 1. The lowest BCUT2D eigenvalue weighted by molar-refractivity contribution is -0.164. The number of nitrogens with zero attached hydrogens (tertiary/aromatic N) is 5. The quantitative estimate of drug-likeness (QED) is 0.0639. The van der Waals surface area contributed by atoms with E-state index in [9.17, 15) is 34.7 Å². The van der Waals surface area contributed by atoms with Crippen LogP contribution in [-0.2, 0) is 20.8 Å². The topological polar surface area (TPSA) is 200 Å². The van der Waals surface area contributed by atoms with Crippen molar-refractivity contribution in [1.82, 2.24) is 35.6 Å². The number of nitriles is 1. The van der Waals surface area contributed by atoms with E-state index in [0.29, 0.717) is 27.5 Å². The van der Waals surface area contributed by atoms with Crippen molar-refractivity contribution in [3.05, 3.63) is 105 Å². The maximum absolute atomic E-state index is 14.4. The predicted octanol–water partition coefficient (Wildman–Crippen LogP) is 7.07. The van der Waals surface area contributed by atoms with E-state index in [1.165, 1.54) is 10.5 Å². The number of β-amino-alcohol motifs (C(OH)–C–C–N with tert-alkyl or cyclic N) is 1. The van der Waals surface area contributed by atoms with E-state index in [1.54, 1.807) is 35.0 Å². The average Bonchev–Trinajstić information content (AvgIpc) is 4.05. The molecule has 3 aromatic carbocycles. The number of benzene rings is 3. The van der Waals surface area contributed by atoms with Crippen LogP contribution in [-0.4, -0.2) is 135 Å². The Morgan fingerprint density at radius 3 is 2.22 bits per heavy atom. The molecule has 74 heavy (non-hydrogen) atoms. The maximum atomic E-state index is 14.4. The molecular weight excluding hydrogens is 976 g/mol. The molecule has 5 N–H and O–H groups in total. The van der Waals surface area contributed by atoms with Crippen molar-refractivity contribution in [1.29, 1.82) is 5.26 Å². The molecule has 6 atom stereocenters. The number of aliphatic hydroxyl groups is 2. The number of thiazole rings is 1. The number of hydrogen-bond acceptors (Lipinski definition) is 12. The van der Waals surface area contributed by atoms with E-state index in [4.69, 9.17) is 16.3 Å². The summed E-state index contributed by atoms with van der Waals surface area (Å²) in [5.74, 6) is -0.674. The Labute approximate surface area is 445 Å². The summed E-state index contributed by atoms with van der Waals surface area (Å²) in [6.45, 7) is 18.4. The Balaban J connectivity index is 0.779. The molecule has 4 aromatic rings. The van der Waals surface area contributed by atoms with Crippen molar-refractivity contribution in [3.63, 3.8) is 0 Å². The monoisotopic (exact) mass is 1050 g/mol. The van der Waals surface area contributed by atoms with Gasteiger partial charge in [0.1, 0.15) is 30.0 Å². The van der Waals surface area contributed by atoms with Gasteiger partial charge in [0.05, 0.1) is 52.0 Å². The number of nitrogens with one attached hydrogen (secondary N) is 3. The van der Waals surface area contributed by atoms with Crippen LogP contribution in [0.5, 0.6) is 5.75 Å². The Bertz CT molecular complexity index is 2690. The van der Waals surface area contributed by atoms with Crippen molar-refractivity contribution in [2.45, 2.75) is 142 Å². The number of hydrogen-bond donors (Lipinski definition) is 5. The van der Waals surface area contributed by atoms with E-state index in [0.717, 1.165) is 67.9 Å². The SMILES string of the molecule is Cc1ncsc1-c1ccc([C@H](CO)NC(=O)[C@@H]2C[C@@H](O)CN2C(=O)[C@@H](NC(=O)CN2C3CCC2CN(CCCCc2ccc(C(=O)NC4C(C)(C)C(Oc5ccc(C#N)c(Cl)c5)C4(C)C)cc2)C3)C(C)(C)C)cc1. The highest BCUT2D eigenvalue weighted by Crippen LogP contribution is 2.55. The van der Waals surface area contributed by atoms with Gasteiger partial charge in [0, 0.05) is 66.6 Å². The van der Waals surface area contributed by atoms with E-state index in [1.807, 2.05) is 76.2 Å². The number of unbranched alkanes of at least 4 members (excludes halogenated alkanes) is 1. The van der Waals surface area contributed by atoms with Crippen LogP contribution in [0.1, 0.15) is 119 Å². The van der Waals surface area contributed by atoms with Crippen LogP contribution in [0.4, 0.5) is 0 Å². The van der Waals surface area contributed by atoms with Gasteiger partial charge in [0.2, 0.25) is 17.7 Å². The molecule has 2 bridgehead atoms. The molecule has 4 amide bonds. The molecule has 4 heterocycles. The van der Waals surface area contributed by atoms with Crippen LogP contribution < -0.4 is 20.7 Å². The van der Waals surface area contributed by atoms with Crippen LogP contribution in [0, 0.1) is 34.5 Å². The third kappa shape index (κ3) is 11.8. The van der Waals surface area contributed by atoms with Gasteiger partial charge in [0.25, 0.3) is 5.91 Å². The molecular formula is C57H73ClN8O7S. The number of carbonyl (C=O) groups excluding carboxylic acids is 4. The van der Waals surface area contributed by atoms with E-state index in [-0.39, 0.29) is 73.0 Å². The van der Waals surface area contributed by atoms with Crippen molar-refractivity contribution in [2.75, 3.05) is 39.3 Å². The molecule has 1 aromatic heterocycles. The third-order valence-corrected chi connectivity index (χ3v) is 17.3. The first-order valence-corrected chi connectivity index (χ1v) is 27.3. The smallest absolute Gasteiger partial charge is 0.251 e. The summed E-state index contributed by atoms with van der Waals surface area (Å²) >= 11 is 7.81. The number of fused-ring (bicyclic) bond motifs is 2. The maximum Gasteiger partial charge on any atom is 0.251 e. The number of likely N-dealkylation sites (tertiary alicyclic amines) is 2. The van der Waals surface area contributed by atoms with Crippen molar-refractivity contribution >= 4 is 46.6 Å². The molecule has 17 heteroatoms. The molecule has 0 spiro atoms. The molecule has 1 saturated carbocycles. The first-order valence-electron chi connectivity index (χ1n) is 26.0. The fourth-order valence-corrected chi connectivity index (χ4v) is 13.3. The van der Waals surface area contributed by atoms with E-state index in [2.05, 4.69) is 64.5 Å². The summed E-state index contributed by atoms with van der Waals surface area (Å²) in [5.41, 5.74) is 5.17. The van der Waals surface area contributed by atoms with Gasteiger partial charge in [-0.25, -0.2) is 4.98 Å². The van der Waals surface area contributed by atoms with Crippen molar-refractivity contribution < 1.29 is 34.1 Å². The summed E-state index contributed by atoms with van der Waals surface area (Å²) in [7, 11) is 0. The second-order valence-electron chi connectivity index (χ2n) is 23.2. The van der Waals surface area contributed by atoms with Gasteiger partial charge in [-0.3, -0.25) is 24.1 Å². The lowest BCUT2D eigenvalue weighted by Crippen LogP contribution is -2.74. The highest BCUT2D eigenvalue weighted by molar-refractivity contribution is 7.13. The van der Waals surface area contributed by atoms with E-state index < -0.39 is 41.5 Å². The van der Waals surface area contributed by atoms with Gasteiger partial charge in [-0.1, -0.05) is 96.5 Å². The fraction of sp³-hybridized carbons (Fsp3) is 0.544. The van der Waals surface area contributed by atoms with Crippen molar-refractivity contribution in [3.8, 4) is 22.3 Å². The molecule has 396 valence electrons. The second kappa shape index (κ2) is 22.4. The fourth-order valence-electron chi connectivity index (χ4n) is 12.3. The predicted molar refractivity (Wildman–Crippen MR) is 287 cm³/mol. The van der Waals surface area contributed by atoms with Crippen LogP contribution >= 0.6 is 22.9 Å². The summed E-state index contributed by atoms with van der Waals surface area (Å²) in [6.07, 6.45) is 3.86. The summed E-state index contributed by atoms with van der Waals surface area (Å²) in [4.78, 5) is 67.3. The Morgan fingerprint density at radius 2 is 1.62 bits per heavy atom. The number of ether oxygens (including phenoxy) is 1. The van der Waals surface area contributed by atoms with Crippen LogP contribution in [0.15, 0.2) is 72.2 Å². The summed E-state index contributed by atoms with van der Waals surface area (Å²) < 4.78 is 6.39. The molecule has 3 aliphatic heterocycles. The lowest BCUT2D eigenvalue weighted by atomic mass is 9.49. The zero-order chi connectivity index (χ0) is 53.3. The van der Waals surface area contributed by atoms with Gasteiger partial charge in [-0.2, -0.15) is 5.26 Å². The number of aliphatic hydroxyl groups excluding tert-OH is 2. The number of piperazine rings is 1. The zero-order valence-electron chi connectivity index (χ0n) is 44.0. The molecule has 8 rings (SSSR count). The molecule has 4 aliphatic rings. The molecule has 1 aliphatic carbocycles. The third-order valence-electron chi connectivity index (χ3n) is 16.0. The summed E-state index contributed by atoms with van der Waals surface area (Å²) in [6, 6.07) is 20.3. The molecule has 4 fully saturated rings. The first kappa shape index (κ1) is 54.8. The summed E-state index contributed by atoms with van der Waals surface area (Å²) in [5, 5.41) is 40.0. The Kier molecular flexibility index (Phi) is 16.6. The normalized spacial score (nSPS) is 24.1. The number of aromatic nitrogens is 1. The molecule has 3 saturated heterocycles. The zero-order valence-corrected chi connectivity index (χ0v) is 45.6. The van der Waals surface area contributed by atoms with Crippen molar-refractivity contribution in [2.24, 2.45) is 16.2 Å². The van der Waals surface area contributed by atoms with E-state index >= 15 is 0 Å². The highest BCUT2D eigenvalue weighted by Gasteiger charge is 2.64.